The van der Waals surface area contributed by atoms with Crippen LogP contribution in [0.3, 0.4) is 0 Å². The van der Waals surface area contributed by atoms with E-state index >= 15 is 0 Å². The van der Waals surface area contributed by atoms with Crippen LogP contribution in [-0.4, -0.2) is 70.2 Å². The van der Waals surface area contributed by atoms with Gasteiger partial charge in [-0.15, -0.1) is 0 Å². The van der Waals surface area contributed by atoms with Gasteiger partial charge in [-0.2, -0.15) is 8.42 Å². The second kappa shape index (κ2) is 9.89. The summed E-state index contributed by atoms with van der Waals surface area (Å²) in [4.78, 5) is 16.1. The van der Waals surface area contributed by atoms with Crippen molar-refractivity contribution in [1.29, 1.82) is 0 Å². The van der Waals surface area contributed by atoms with Crippen LogP contribution in [0.1, 0.15) is 32.1 Å². The summed E-state index contributed by atoms with van der Waals surface area (Å²) >= 11 is 0. The highest BCUT2D eigenvalue weighted by Gasteiger charge is 2.45. The fourth-order valence-corrected chi connectivity index (χ4v) is 4.41. The monoisotopic (exact) mass is 487 g/mol. The quantitative estimate of drug-likeness (QED) is 0.223. The average molecular weight is 488 g/mol. The molecule has 5 atom stereocenters. The summed E-state index contributed by atoms with van der Waals surface area (Å²) in [7, 11) is -4.53. The molecule has 1 amide bonds. The molecule has 0 radical (unpaired) electrons. The molecule has 3 rings (SSSR count). The van der Waals surface area contributed by atoms with Crippen molar-refractivity contribution in [3.05, 3.63) is 24.0 Å². The van der Waals surface area contributed by atoms with Crippen LogP contribution in [0, 0.1) is 5.92 Å². The molecule has 1 fully saturated rings. The van der Waals surface area contributed by atoms with E-state index in [1.165, 1.54) is 17.0 Å². The number of nitrogen functional groups attached to an aromatic ring is 1. The number of aliphatic hydroxyl groups is 3. The molecule has 33 heavy (non-hydrogen) atoms. The first kappa shape index (κ1) is 25.3. The zero-order chi connectivity index (χ0) is 24.5. The van der Waals surface area contributed by atoms with Gasteiger partial charge in [0.25, 0.3) is 5.91 Å². The van der Waals surface area contributed by atoms with Gasteiger partial charge in [0.1, 0.15) is 18.3 Å². The smallest absolute Gasteiger partial charge is 0.362 e. The number of aliphatic hydroxyl groups excluding tert-OH is 3. The lowest BCUT2D eigenvalue weighted by Gasteiger charge is -2.18. The highest BCUT2D eigenvalue weighted by atomic mass is 32.2. The van der Waals surface area contributed by atoms with E-state index in [2.05, 4.69) is 4.98 Å². The lowest BCUT2D eigenvalue weighted by atomic mass is 10.0. The predicted molar refractivity (Wildman–Crippen MR) is 116 cm³/mol. The first-order chi connectivity index (χ1) is 15.4. The average Bonchev–Trinajstić information content (AvgIpc) is 3.27. The number of hydrogen-bond donors (Lipinski definition) is 6. The number of fused-ring (bicyclic) bond motifs is 1. The number of carbonyl (C=O) groups is 1. The van der Waals surface area contributed by atoms with Gasteiger partial charge in [0, 0.05) is 0 Å². The topological polar surface area (TPSA) is 212 Å². The van der Waals surface area contributed by atoms with Crippen LogP contribution in [0.25, 0.3) is 11.0 Å². The number of imidazole rings is 1. The maximum Gasteiger partial charge on any atom is 0.362 e. The number of ether oxygens (including phenoxy) is 1. The molecule has 1 aromatic heterocycles. The first-order valence-corrected chi connectivity index (χ1v) is 11.7. The first-order valence-electron chi connectivity index (χ1n) is 10.3. The predicted octanol–water partition coefficient (Wildman–Crippen LogP) is -1.52. The standard InChI is InChI=1S/C19H29N5O8S/c1-9(2)3-12(21)18(28)23-33(29,30)31-7-14-16(26)17(27)19(32-14)24-8-22-13-5-10(6-25)4-11(20)15(13)24/h4-5,8-9,12,14,16-17,19,25-27H,3,6-7,20-21H2,1-2H3,(H,23,28)/t12-,14+,16+,17+,19+/m0/s1. The van der Waals surface area contributed by atoms with Gasteiger partial charge in [-0.25, -0.2) is 9.71 Å². The molecule has 1 aromatic carbocycles. The molecule has 14 heteroatoms. The van der Waals surface area contributed by atoms with E-state index in [9.17, 15) is 28.5 Å². The second-order valence-electron chi connectivity index (χ2n) is 8.35. The van der Waals surface area contributed by atoms with Crippen molar-refractivity contribution in [3.8, 4) is 0 Å². The second-order valence-corrected chi connectivity index (χ2v) is 9.70. The molecular formula is C19H29N5O8S. The fraction of sp³-hybridized carbons (Fsp3) is 0.579. The molecule has 0 unspecified atom stereocenters. The molecule has 8 N–H and O–H groups in total. The SMILES string of the molecule is CC(C)C[C@H](N)C(=O)NS(=O)(=O)OC[C@H]1O[C@@H](n2cnc3cc(CO)cc(N)c32)[C@H](O)[C@@H]1O. The highest BCUT2D eigenvalue weighted by molar-refractivity contribution is 7.85. The third-order valence-corrected chi connectivity index (χ3v) is 6.13. The van der Waals surface area contributed by atoms with Crippen LogP contribution in [0.4, 0.5) is 5.69 Å². The molecule has 0 saturated carbocycles. The van der Waals surface area contributed by atoms with E-state index in [1.54, 1.807) is 10.8 Å². The fourth-order valence-electron chi connectivity index (χ4n) is 3.64. The Bertz CT molecular complexity index is 1110. The minimum atomic E-state index is -4.53. The summed E-state index contributed by atoms with van der Waals surface area (Å²) in [5.41, 5.74) is 13.4. The Kier molecular flexibility index (Phi) is 7.58. The lowest BCUT2D eigenvalue weighted by Crippen LogP contribution is -2.45. The zero-order valence-corrected chi connectivity index (χ0v) is 19.0. The summed E-state index contributed by atoms with van der Waals surface area (Å²) in [6, 6.07) is 2.12. The van der Waals surface area contributed by atoms with Crippen molar-refractivity contribution in [2.24, 2.45) is 11.7 Å². The number of carbonyl (C=O) groups excluding carboxylic acids is 1. The molecule has 1 aliphatic rings. The Morgan fingerprint density at radius 3 is 2.67 bits per heavy atom. The number of benzene rings is 1. The van der Waals surface area contributed by atoms with Gasteiger partial charge in [0.15, 0.2) is 6.23 Å². The van der Waals surface area contributed by atoms with Crippen LogP contribution >= 0.6 is 0 Å². The van der Waals surface area contributed by atoms with Gasteiger partial charge in [-0.3, -0.25) is 13.5 Å². The van der Waals surface area contributed by atoms with E-state index in [0.717, 1.165) is 0 Å². The molecule has 0 bridgehead atoms. The lowest BCUT2D eigenvalue weighted by molar-refractivity contribution is -0.121. The summed E-state index contributed by atoms with van der Waals surface area (Å²) in [6.45, 7) is 2.76. The Balaban J connectivity index is 1.69. The number of amides is 1. The van der Waals surface area contributed by atoms with Crippen LogP contribution in [0.5, 0.6) is 0 Å². The van der Waals surface area contributed by atoms with E-state index < -0.39 is 53.4 Å². The molecule has 0 spiro atoms. The normalized spacial score (nSPS) is 24.5. The third kappa shape index (κ3) is 5.60. The largest absolute Gasteiger partial charge is 0.397 e. The van der Waals surface area contributed by atoms with Gasteiger partial charge >= 0.3 is 10.3 Å². The molecule has 1 saturated heterocycles. The highest BCUT2D eigenvalue weighted by Crippen LogP contribution is 2.34. The van der Waals surface area contributed by atoms with Crippen molar-refractivity contribution in [2.45, 2.75) is 57.5 Å². The van der Waals surface area contributed by atoms with Gasteiger partial charge in [-0.05, 0) is 30.0 Å². The van der Waals surface area contributed by atoms with Crippen LogP contribution in [0.15, 0.2) is 18.5 Å². The number of aromatic nitrogens is 2. The number of hydrogen-bond acceptors (Lipinski definition) is 11. The van der Waals surface area contributed by atoms with Crippen molar-refractivity contribution in [3.63, 3.8) is 0 Å². The summed E-state index contributed by atoms with van der Waals surface area (Å²) < 4.78 is 37.8. The Morgan fingerprint density at radius 2 is 2.03 bits per heavy atom. The molecule has 13 nitrogen and oxygen atoms in total. The zero-order valence-electron chi connectivity index (χ0n) is 18.2. The summed E-state index contributed by atoms with van der Waals surface area (Å²) in [6.07, 6.45) is -3.71. The third-order valence-electron chi connectivity index (χ3n) is 5.23. The van der Waals surface area contributed by atoms with Crippen molar-refractivity contribution >= 4 is 32.9 Å². The number of nitrogens with zero attached hydrogens (tertiary/aromatic N) is 2. The van der Waals surface area contributed by atoms with E-state index in [-0.39, 0.29) is 24.6 Å². The Labute approximate surface area is 190 Å². The number of anilines is 1. The molecular weight excluding hydrogens is 458 g/mol. The van der Waals surface area contributed by atoms with Crippen molar-refractivity contribution in [2.75, 3.05) is 12.3 Å². The number of nitrogens with two attached hydrogens (primary N) is 2. The number of nitrogens with one attached hydrogen (secondary N) is 1. The molecule has 184 valence electrons. The molecule has 1 aliphatic heterocycles. The van der Waals surface area contributed by atoms with Crippen LogP contribution in [-0.2, 0) is 30.6 Å². The Hall–Kier alpha value is -2.33. The van der Waals surface area contributed by atoms with Crippen molar-refractivity contribution in [1.82, 2.24) is 14.3 Å². The molecule has 2 heterocycles. The summed E-state index contributed by atoms with van der Waals surface area (Å²) in [5.74, 6) is -0.838. The minimum absolute atomic E-state index is 0.0818. The van der Waals surface area contributed by atoms with Gasteiger partial charge in [0.2, 0.25) is 0 Å². The van der Waals surface area contributed by atoms with E-state index in [1.807, 2.05) is 13.8 Å². The molecule has 0 aliphatic carbocycles. The van der Waals surface area contributed by atoms with Crippen LogP contribution in [0.2, 0.25) is 0 Å². The summed E-state index contributed by atoms with van der Waals surface area (Å²) in [5, 5.41) is 30.2. The minimum Gasteiger partial charge on any atom is -0.397 e. The number of rotatable bonds is 9. The van der Waals surface area contributed by atoms with Gasteiger partial charge in [0.05, 0.1) is 42.3 Å². The van der Waals surface area contributed by atoms with Gasteiger partial charge < -0.3 is 31.5 Å². The van der Waals surface area contributed by atoms with Crippen LogP contribution < -0.4 is 16.2 Å². The van der Waals surface area contributed by atoms with E-state index in [0.29, 0.717) is 16.6 Å². The maximum absolute atomic E-state index is 12.1. The maximum atomic E-state index is 12.1. The van der Waals surface area contributed by atoms with E-state index in [4.69, 9.17) is 20.4 Å². The Morgan fingerprint density at radius 1 is 1.33 bits per heavy atom. The molecule has 2 aromatic rings. The van der Waals surface area contributed by atoms with Gasteiger partial charge in [-0.1, -0.05) is 13.8 Å². The van der Waals surface area contributed by atoms with Crippen molar-refractivity contribution < 1.29 is 37.5 Å².